The monoisotopic (exact) mass is 552 g/mol. The zero-order valence-electron chi connectivity index (χ0n) is 22.1. The Balaban J connectivity index is 1.75. The molecule has 0 saturated carbocycles. The Hall–Kier alpha value is -3.52. The number of hydrogen-bond acceptors (Lipinski definition) is 6. The summed E-state index contributed by atoms with van der Waals surface area (Å²) in [4.78, 5) is 50.1. The van der Waals surface area contributed by atoms with E-state index in [1.54, 1.807) is 44.2 Å². The number of rotatable bonds is 7. The fraction of sp³-hybridized carbons (Fsp3) is 0.345. The zero-order valence-corrected chi connectivity index (χ0v) is 23.0. The molecule has 0 spiro atoms. The molecular weight excluding hydrogens is 519 g/mol. The summed E-state index contributed by atoms with van der Waals surface area (Å²) in [6.07, 6.45) is -1.34. The first-order chi connectivity index (χ1) is 18.6. The predicted octanol–water partition coefficient (Wildman–Crippen LogP) is 3.51. The number of nitrogens with one attached hydrogen (secondary N) is 2. The van der Waals surface area contributed by atoms with Gasteiger partial charge in [0.25, 0.3) is 0 Å². The number of carbonyl (C=O) groups is 3. The summed E-state index contributed by atoms with van der Waals surface area (Å²) in [5.74, 6) is -3.47. The van der Waals surface area contributed by atoms with Crippen LogP contribution < -0.4 is 10.6 Å². The Labute approximate surface area is 227 Å². The number of methoxy groups -OCH3 is 1. The molecular formula is C29H33N2O7P. The van der Waals surface area contributed by atoms with E-state index in [9.17, 15) is 23.8 Å². The van der Waals surface area contributed by atoms with Crippen molar-refractivity contribution in [3.05, 3.63) is 83.4 Å². The van der Waals surface area contributed by atoms with Gasteiger partial charge < -0.3 is 20.3 Å². The lowest BCUT2D eigenvalue weighted by molar-refractivity contribution is -0.149. The van der Waals surface area contributed by atoms with Crippen molar-refractivity contribution in [3.63, 3.8) is 0 Å². The SMILES string of the molecule is COC(=O)[C@H](Cc1ccccc1)OP(=O)(O)[C@@H]1Cc2cccc3ccc(cc23)CC(=O)N[C@@H](C(C)C)C(=O)N1. The van der Waals surface area contributed by atoms with Crippen LogP contribution in [0.15, 0.2) is 66.7 Å². The lowest BCUT2D eigenvalue weighted by Gasteiger charge is -2.30. The number of carbonyl (C=O) groups excluding carboxylic acids is 3. The van der Waals surface area contributed by atoms with Crippen molar-refractivity contribution < 1.29 is 33.1 Å². The standard InChI is InChI=1S/C29H33N2O7P/c1-18(2)27-28(33)31-26(39(35,36)38-24(29(34)37-3)15-19-8-5-4-6-9-19)17-22-11-7-10-21-13-12-20(14-23(21)22)16-25(32)30-27/h4-14,18,24,26-27H,15-17H2,1-3H3,(H,30,32)(H,31,33)(H,35,36)/t24-,26+,27-/m0/s1. The van der Waals surface area contributed by atoms with E-state index in [2.05, 4.69) is 10.6 Å². The average Bonchev–Trinajstić information content (AvgIpc) is 2.90. The summed E-state index contributed by atoms with van der Waals surface area (Å²) >= 11 is 0. The molecule has 3 aromatic rings. The van der Waals surface area contributed by atoms with E-state index in [0.29, 0.717) is 11.1 Å². The normalized spacial score (nSPS) is 20.3. The molecule has 1 heterocycles. The molecule has 3 N–H and O–H groups in total. The van der Waals surface area contributed by atoms with Crippen LogP contribution in [0.1, 0.15) is 30.5 Å². The lowest BCUT2D eigenvalue weighted by atomic mass is 9.97. The third-order valence-electron chi connectivity index (χ3n) is 6.79. The molecule has 206 valence electrons. The van der Waals surface area contributed by atoms with Gasteiger partial charge in [0.1, 0.15) is 11.8 Å². The lowest BCUT2D eigenvalue weighted by Crippen LogP contribution is -2.53. The summed E-state index contributed by atoms with van der Waals surface area (Å²) in [6.45, 7) is 3.55. The minimum Gasteiger partial charge on any atom is -0.467 e. The second-order valence-corrected chi connectivity index (χ2v) is 12.0. The molecule has 10 heteroatoms. The van der Waals surface area contributed by atoms with Gasteiger partial charge in [0.2, 0.25) is 11.8 Å². The number of benzene rings is 3. The molecule has 3 aromatic carbocycles. The number of esters is 1. The fourth-order valence-corrected chi connectivity index (χ4v) is 6.10. The molecule has 0 saturated heterocycles. The largest absolute Gasteiger partial charge is 0.467 e. The Kier molecular flexibility index (Phi) is 8.85. The van der Waals surface area contributed by atoms with Crippen LogP contribution in [-0.2, 0) is 47.5 Å². The summed E-state index contributed by atoms with van der Waals surface area (Å²) in [5.41, 5.74) is 2.15. The molecule has 0 fully saturated rings. The number of ether oxygens (including phenoxy) is 1. The minimum absolute atomic E-state index is 0.00103. The molecule has 0 aromatic heterocycles. The van der Waals surface area contributed by atoms with Crippen LogP contribution in [0.5, 0.6) is 0 Å². The van der Waals surface area contributed by atoms with Gasteiger partial charge in [-0.2, -0.15) is 0 Å². The zero-order chi connectivity index (χ0) is 28.2. The van der Waals surface area contributed by atoms with Crippen molar-refractivity contribution in [1.82, 2.24) is 10.6 Å². The molecule has 0 aliphatic carbocycles. The minimum atomic E-state index is -4.70. The van der Waals surface area contributed by atoms with Gasteiger partial charge in [0.15, 0.2) is 6.10 Å². The van der Waals surface area contributed by atoms with Gasteiger partial charge in [0.05, 0.1) is 13.5 Å². The highest BCUT2D eigenvalue weighted by Crippen LogP contribution is 2.49. The third-order valence-corrected chi connectivity index (χ3v) is 8.45. The van der Waals surface area contributed by atoms with Crippen molar-refractivity contribution >= 4 is 36.2 Å². The van der Waals surface area contributed by atoms with Gasteiger partial charge in [-0.05, 0) is 33.4 Å². The van der Waals surface area contributed by atoms with Crippen molar-refractivity contribution in [3.8, 4) is 0 Å². The smallest absolute Gasteiger partial charge is 0.351 e. The van der Waals surface area contributed by atoms with Gasteiger partial charge >= 0.3 is 13.6 Å². The Morgan fingerprint density at radius 1 is 1.05 bits per heavy atom. The van der Waals surface area contributed by atoms with Gasteiger partial charge in [-0.1, -0.05) is 80.6 Å². The molecule has 9 nitrogen and oxygen atoms in total. The second-order valence-electron chi connectivity index (χ2n) is 10.0. The summed E-state index contributed by atoms with van der Waals surface area (Å²) < 4.78 is 24.3. The molecule has 1 aliphatic rings. The maximum absolute atomic E-state index is 13.9. The topological polar surface area (TPSA) is 131 Å². The van der Waals surface area contributed by atoms with Crippen molar-refractivity contribution in [2.45, 2.75) is 51.0 Å². The third kappa shape index (κ3) is 6.92. The van der Waals surface area contributed by atoms with E-state index >= 15 is 0 Å². The Morgan fingerprint density at radius 2 is 1.79 bits per heavy atom. The summed E-state index contributed by atoms with van der Waals surface area (Å²) in [5, 5.41) is 7.08. The number of amides is 2. The van der Waals surface area contributed by atoms with E-state index < -0.39 is 37.4 Å². The first-order valence-corrected chi connectivity index (χ1v) is 14.4. The van der Waals surface area contributed by atoms with E-state index in [0.717, 1.165) is 16.3 Å². The van der Waals surface area contributed by atoms with Gasteiger partial charge in [-0.3, -0.25) is 18.7 Å². The van der Waals surface area contributed by atoms with Gasteiger partial charge in [-0.25, -0.2) is 4.79 Å². The average molecular weight is 553 g/mol. The Bertz CT molecular complexity index is 1410. The van der Waals surface area contributed by atoms with Crippen LogP contribution in [0.25, 0.3) is 10.8 Å². The van der Waals surface area contributed by atoms with Crippen molar-refractivity contribution in [2.24, 2.45) is 5.92 Å². The van der Waals surface area contributed by atoms with Gasteiger partial charge in [0, 0.05) is 12.8 Å². The van der Waals surface area contributed by atoms with E-state index in [1.807, 2.05) is 36.4 Å². The van der Waals surface area contributed by atoms with Gasteiger partial charge in [-0.15, -0.1) is 0 Å². The molecule has 1 unspecified atom stereocenters. The molecule has 4 atom stereocenters. The fourth-order valence-electron chi connectivity index (χ4n) is 4.71. The van der Waals surface area contributed by atoms with E-state index in [4.69, 9.17) is 9.26 Å². The highest BCUT2D eigenvalue weighted by atomic mass is 31.2. The van der Waals surface area contributed by atoms with Crippen LogP contribution in [0.4, 0.5) is 0 Å². The predicted molar refractivity (Wildman–Crippen MR) is 147 cm³/mol. The molecule has 2 amide bonds. The Morgan fingerprint density at radius 3 is 2.49 bits per heavy atom. The van der Waals surface area contributed by atoms with Crippen LogP contribution in [-0.4, -0.2) is 47.7 Å². The quantitative estimate of drug-likeness (QED) is 0.302. The van der Waals surface area contributed by atoms with Crippen LogP contribution >= 0.6 is 7.60 Å². The van der Waals surface area contributed by atoms with Crippen molar-refractivity contribution in [2.75, 3.05) is 7.11 Å². The number of hydrogen-bond donors (Lipinski definition) is 3. The molecule has 39 heavy (non-hydrogen) atoms. The van der Waals surface area contributed by atoms with Crippen LogP contribution in [0, 0.1) is 5.92 Å². The molecule has 1 aliphatic heterocycles. The van der Waals surface area contributed by atoms with E-state index in [1.165, 1.54) is 7.11 Å². The molecule has 4 rings (SSSR count). The summed E-state index contributed by atoms with van der Waals surface area (Å²) in [6, 6.07) is 19.1. The highest BCUT2D eigenvalue weighted by molar-refractivity contribution is 7.53. The molecule has 2 bridgehead atoms. The van der Waals surface area contributed by atoms with Crippen LogP contribution in [0.2, 0.25) is 0 Å². The maximum Gasteiger partial charge on any atom is 0.351 e. The maximum atomic E-state index is 13.9. The van der Waals surface area contributed by atoms with Crippen molar-refractivity contribution in [1.29, 1.82) is 0 Å². The first kappa shape index (κ1) is 28.5. The number of fused-ring (bicyclic) bond motifs is 1. The first-order valence-electron chi connectivity index (χ1n) is 12.8. The van der Waals surface area contributed by atoms with Crippen LogP contribution in [0.3, 0.4) is 0 Å². The highest BCUT2D eigenvalue weighted by Gasteiger charge is 2.41. The van der Waals surface area contributed by atoms with E-state index in [-0.39, 0.29) is 31.1 Å². The molecule has 0 radical (unpaired) electrons. The summed E-state index contributed by atoms with van der Waals surface area (Å²) in [7, 11) is -3.52. The second kappa shape index (κ2) is 12.1.